The first-order valence-corrected chi connectivity index (χ1v) is 9.22. The van der Waals surface area contributed by atoms with Crippen molar-refractivity contribution in [3.8, 4) is 5.75 Å². The molecule has 1 aromatic carbocycles. The molecule has 1 N–H and O–H groups in total. The average molecular weight is 348 g/mol. The molecule has 0 bridgehead atoms. The third kappa shape index (κ3) is 5.63. The van der Waals surface area contributed by atoms with Crippen LogP contribution in [0.25, 0.3) is 0 Å². The van der Waals surface area contributed by atoms with Crippen molar-refractivity contribution in [2.75, 3.05) is 40.8 Å². The van der Waals surface area contributed by atoms with E-state index in [2.05, 4.69) is 43.2 Å². The Balaban J connectivity index is 1.78. The van der Waals surface area contributed by atoms with Crippen LogP contribution < -0.4 is 10.1 Å². The molecular weight excluding hydrogens is 314 g/mol. The van der Waals surface area contributed by atoms with Gasteiger partial charge in [-0.2, -0.15) is 0 Å². The number of hydrogen-bond donors (Lipinski definition) is 1. The highest BCUT2D eigenvalue weighted by Crippen LogP contribution is 2.20. The van der Waals surface area contributed by atoms with Gasteiger partial charge in [-0.25, -0.2) is 4.79 Å². The Hall–Kier alpha value is -1.75. The summed E-state index contributed by atoms with van der Waals surface area (Å²) in [5, 5.41) is 3.10. The minimum Gasteiger partial charge on any atom is -0.497 e. The zero-order valence-corrected chi connectivity index (χ0v) is 16.3. The lowest BCUT2D eigenvalue weighted by Crippen LogP contribution is -2.52. The van der Waals surface area contributed by atoms with E-state index in [4.69, 9.17) is 4.74 Å². The summed E-state index contributed by atoms with van der Waals surface area (Å²) in [7, 11) is 5.75. The molecule has 5 nitrogen and oxygen atoms in total. The van der Waals surface area contributed by atoms with Crippen LogP contribution in [0.3, 0.4) is 0 Å². The molecule has 1 fully saturated rings. The first-order valence-electron chi connectivity index (χ1n) is 9.22. The molecule has 0 radical (unpaired) electrons. The van der Waals surface area contributed by atoms with Crippen LogP contribution in [0.2, 0.25) is 0 Å². The fourth-order valence-corrected chi connectivity index (χ4v) is 3.69. The molecule has 1 aromatic rings. The summed E-state index contributed by atoms with van der Waals surface area (Å²) in [6, 6.07) is 8.51. The number of likely N-dealkylation sites (tertiary alicyclic amines) is 1. The van der Waals surface area contributed by atoms with Crippen LogP contribution in [0.1, 0.15) is 25.8 Å². The van der Waals surface area contributed by atoms with Gasteiger partial charge in [0.1, 0.15) is 5.75 Å². The molecule has 0 spiro atoms. The van der Waals surface area contributed by atoms with Gasteiger partial charge in [-0.05, 0) is 56.0 Å². The molecule has 2 amide bonds. The second-order valence-electron chi connectivity index (χ2n) is 7.55. The molecule has 1 aliphatic heterocycles. The summed E-state index contributed by atoms with van der Waals surface area (Å²) in [5.41, 5.74) is 1.26. The smallest absolute Gasteiger partial charge is 0.317 e. The normalized spacial score (nSPS) is 22.3. The van der Waals surface area contributed by atoms with Crippen LogP contribution in [0.5, 0.6) is 5.75 Å². The van der Waals surface area contributed by atoms with E-state index >= 15 is 0 Å². The van der Waals surface area contributed by atoms with Crippen molar-refractivity contribution in [2.24, 2.45) is 11.8 Å². The number of hydrogen-bond acceptors (Lipinski definition) is 3. The molecule has 3 atom stereocenters. The van der Waals surface area contributed by atoms with Gasteiger partial charge in [0.2, 0.25) is 0 Å². The Labute approximate surface area is 152 Å². The van der Waals surface area contributed by atoms with Crippen molar-refractivity contribution in [3.05, 3.63) is 29.8 Å². The lowest BCUT2D eigenvalue weighted by atomic mass is 9.93. The van der Waals surface area contributed by atoms with Crippen LogP contribution in [-0.2, 0) is 6.42 Å². The highest BCUT2D eigenvalue weighted by atomic mass is 16.5. The van der Waals surface area contributed by atoms with Crippen LogP contribution in [0.15, 0.2) is 24.3 Å². The first-order chi connectivity index (χ1) is 11.9. The molecule has 0 aliphatic carbocycles. The zero-order chi connectivity index (χ0) is 18.4. The number of carbonyl (C=O) groups excluding carboxylic acids is 1. The molecule has 5 heteroatoms. The molecule has 1 saturated heterocycles. The van der Waals surface area contributed by atoms with Gasteiger partial charge in [0.15, 0.2) is 0 Å². The highest BCUT2D eigenvalue weighted by molar-refractivity contribution is 5.74. The van der Waals surface area contributed by atoms with Crippen molar-refractivity contribution < 1.29 is 9.53 Å². The number of rotatable bonds is 6. The standard InChI is InChI=1S/C20H33N3O2/c1-15(12-17-6-8-18(25-5)9-7-17)13-21-20(24)23(4)19-10-11-22(3)14-16(19)2/h6-9,15-16,19H,10-14H2,1-5H3,(H,21,24). The van der Waals surface area contributed by atoms with Crippen molar-refractivity contribution >= 4 is 6.03 Å². The molecule has 140 valence electrons. The van der Waals surface area contributed by atoms with Gasteiger partial charge in [0.05, 0.1) is 7.11 Å². The zero-order valence-electron chi connectivity index (χ0n) is 16.3. The van der Waals surface area contributed by atoms with Gasteiger partial charge in [-0.3, -0.25) is 0 Å². The first kappa shape index (κ1) is 19.6. The Morgan fingerprint density at radius 3 is 2.68 bits per heavy atom. The molecule has 0 aromatic heterocycles. The summed E-state index contributed by atoms with van der Waals surface area (Å²) >= 11 is 0. The quantitative estimate of drug-likeness (QED) is 0.861. The maximum absolute atomic E-state index is 12.5. The van der Waals surface area contributed by atoms with E-state index in [9.17, 15) is 4.79 Å². The molecule has 25 heavy (non-hydrogen) atoms. The van der Waals surface area contributed by atoms with E-state index < -0.39 is 0 Å². The molecular formula is C20H33N3O2. The number of benzene rings is 1. The number of nitrogens with one attached hydrogen (secondary N) is 1. The van der Waals surface area contributed by atoms with E-state index in [1.165, 1.54) is 5.56 Å². The summed E-state index contributed by atoms with van der Waals surface area (Å²) < 4.78 is 5.19. The van der Waals surface area contributed by atoms with Gasteiger partial charge in [-0.1, -0.05) is 26.0 Å². The summed E-state index contributed by atoms with van der Waals surface area (Å²) in [6.45, 7) is 7.20. The number of nitrogens with zero attached hydrogens (tertiary/aromatic N) is 2. The van der Waals surface area contributed by atoms with E-state index in [1.807, 2.05) is 24.1 Å². The molecule has 1 aliphatic rings. The number of amides is 2. The number of piperidine rings is 1. The SMILES string of the molecule is COc1ccc(CC(C)CNC(=O)N(C)C2CCN(C)CC2C)cc1. The van der Waals surface area contributed by atoms with Crippen LogP contribution in [0, 0.1) is 11.8 Å². The van der Waals surface area contributed by atoms with Gasteiger partial charge < -0.3 is 19.9 Å². The summed E-state index contributed by atoms with van der Waals surface area (Å²) in [4.78, 5) is 16.7. The number of urea groups is 1. The average Bonchev–Trinajstić information content (AvgIpc) is 2.60. The van der Waals surface area contributed by atoms with Crippen molar-refractivity contribution in [2.45, 2.75) is 32.7 Å². The molecule has 2 rings (SSSR count). The van der Waals surface area contributed by atoms with Crippen molar-refractivity contribution in [3.63, 3.8) is 0 Å². The van der Waals surface area contributed by atoms with Crippen LogP contribution in [-0.4, -0.2) is 62.7 Å². The second-order valence-corrected chi connectivity index (χ2v) is 7.55. The molecule has 1 heterocycles. The van der Waals surface area contributed by atoms with Gasteiger partial charge >= 0.3 is 6.03 Å². The van der Waals surface area contributed by atoms with E-state index in [-0.39, 0.29) is 6.03 Å². The Morgan fingerprint density at radius 2 is 2.08 bits per heavy atom. The van der Waals surface area contributed by atoms with Gasteiger partial charge in [-0.15, -0.1) is 0 Å². The summed E-state index contributed by atoms with van der Waals surface area (Å²) in [5.74, 6) is 1.77. The second kappa shape index (κ2) is 9.09. The fraction of sp³-hybridized carbons (Fsp3) is 0.650. The van der Waals surface area contributed by atoms with E-state index in [0.717, 1.165) is 31.7 Å². The number of carbonyl (C=O) groups is 1. The monoisotopic (exact) mass is 347 g/mol. The highest BCUT2D eigenvalue weighted by Gasteiger charge is 2.29. The van der Waals surface area contributed by atoms with E-state index in [0.29, 0.717) is 24.4 Å². The Morgan fingerprint density at radius 1 is 1.40 bits per heavy atom. The van der Waals surface area contributed by atoms with Crippen molar-refractivity contribution in [1.82, 2.24) is 15.1 Å². The third-order valence-corrected chi connectivity index (χ3v) is 5.23. The van der Waals surface area contributed by atoms with Crippen LogP contribution in [0.4, 0.5) is 4.79 Å². The topological polar surface area (TPSA) is 44.8 Å². The maximum atomic E-state index is 12.5. The molecule has 3 unspecified atom stereocenters. The summed E-state index contributed by atoms with van der Waals surface area (Å²) in [6.07, 6.45) is 1.99. The minimum absolute atomic E-state index is 0.0444. The van der Waals surface area contributed by atoms with Crippen LogP contribution >= 0.6 is 0 Å². The van der Waals surface area contributed by atoms with Gasteiger partial charge in [0, 0.05) is 26.2 Å². The van der Waals surface area contributed by atoms with Crippen molar-refractivity contribution in [1.29, 1.82) is 0 Å². The third-order valence-electron chi connectivity index (χ3n) is 5.23. The largest absolute Gasteiger partial charge is 0.497 e. The lowest BCUT2D eigenvalue weighted by molar-refractivity contribution is 0.107. The number of methoxy groups -OCH3 is 1. The Kier molecular flexibility index (Phi) is 7.12. The van der Waals surface area contributed by atoms with Gasteiger partial charge in [0.25, 0.3) is 0 Å². The fourth-order valence-electron chi connectivity index (χ4n) is 3.69. The Bertz CT molecular complexity index is 546. The number of ether oxygens (including phenoxy) is 1. The predicted octanol–water partition coefficient (Wildman–Crippen LogP) is 2.86. The van der Waals surface area contributed by atoms with E-state index in [1.54, 1.807) is 7.11 Å². The minimum atomic E-state index is 0.0444. The molecule has 0 saturated carbocycles. The lowest BCUT2D eigenvalue weighted by Gasteiger charge is -2.40. The maximum Gasteiger partial charge on any atom is 0.317 e. The predicted molar refractivity (Wildman–Crippen MR) is 102 cm³/mol.